The van der Waals surface area contributed by atoms with Crippen molar-refractivity contribution in [2.75, 3.05) is 18.8 Å². The van der Waals surface area contributed by atoms with E-state index in [-0.39, 0.29) is 48.3 Å². The fraction of sp³-hybridized carbons (Fsp3) is 0.471. The molecular formula is C17H24ClN9O3. The SMILES string of the molecule is NC[C@@H]1[C@@H](CN)[C@H](c2[nH]c(N)nc2-n2cccc2C(=O)O)[C@]2(NC(N)=N[C@H]2O)[C@H]1Cl. The highest BCUT2D eigenvalue weighted by Crippen LogP contribution is 2.55. The molecule has 0 aromatic carbocycles. The number of halogens is 1. The molecular weight excluding hydrogens is 414 g/mol. The third-order valence-electron chi connectivity index (χ3n) is 6.14. The number of rotatable bonds is 5. The number of nitrogens with one attached hydrogen (secondary N) is 2. The molecule has 30 heavy (non-hydrogen) atoms. The molecule has 2 aromatic heterocycles. The Balaban J connectivity index is 1.94. The standard InChI is InChI=1S/C17H24ClN9O3/c18-11-7(5-20)6(4-19)9(17(11)14(30)25-16(22)26-17)10-12(24-15(21)23-10)27-3-1-2-8(27)13(28)29/h1-3,6-7,9,11,14,30H,4-5,19-20H2,(H,28,29)(H3,21,23,24)(H3,22,25,26)/t6-,7-,9-,11+,14+,17+/m1/s1. The second-order valence-corrected chi connectivity index (χ2v) is 8.02. The van der Waals surface area contributed by atoms with Crippen molar-refractivity contribution < 1.29 is 15.0 Å². The number of alkyl halides is 1. The van der Waals surface area contributed by atoms with Gasteiger partial charge in [-0.2, -0.15) is 4.98 Å². The number of aliphatic hydroxyl groups is 1. The van der Waals surface area contributed by atoms with E-state index in [2.05, 4.69) is 20.3 Å². The fourth-order valence-corrected chi connectivity index (χ4v) is 5.54. The van der Waals surface area contributed by atoms with Crippen LogP contribution in [0.5, 0.6) is 0 Å². The van der Waals surface area contributed by atoms with E-state index < -0.39 is 29.0 Å². The highest BCUT2D eigenvalue weighted by atomic mass is 35.5. The highest BCUT2D eigenvalue weighted by molar-refractivity contribution is 6.22. The first kappa shape index (κ1) is 20.5. The number of hydrogen-bond acceptors (Lipinski definition) is 9. The molecule has 12 N–H and O–H groups in total. The fourth-order valence-electron chi connectivity index (χ4n) is 4.95. The summed E-state index contributed by atoms with van der Waals surface area (Å²) in [5.74, 6) is -1.95. The number of carboxylic acid groups (broad SMARTS) is 1. The Morgan fingerprint density at radius 3 is 2.57 bits per heavy atom. The molecule has 1 fully saturated rings. The number of carbonyl (C=O) groups is 1. The molecule has 0 amide bonds. The predicted octanol–water partition coefficient (Wildman–Crippen LogP) is -1.69. The van der Waals surface area contributed by atoms with Crippen LogP contribution in [-0.4, -0.2) is 66.9 Å². The second-order valence-electron chi connectivity index (χ2n) is 7.55. The van der Waals surface area contributed by atoms with Crippen LogP contribution in [0.2, 0.25) is 0 Å². The molecule has 1 aliphatic carbocycles. The van der Waals surface area contributed by atoms with Crippen molar-refractivity contribution in [3.8, 4) is 5.82 Å². The van der Waals surface area contributed by atoms with Crippen molar-refractivity contribution in [3.63, 3.8) is 0 Å². The maximum absolute atomic E-state index is 11.7. The molecule has 6 atom stereocenters. The normalized spacial score (nSPS) is 33.1. The summed E-state index contributed by atoms with van der Waals surface area (Å²) in [6, 6.07) is 3.03. The van der Waals surface area contributed by atoms with Gasteiger partial charge in [-0.25, -0.2) is 9.79 Å². The zero-order chi connectivity index (χ0) is 21.8. The van der Waals surface area contributed by atoms with E-state index >= 15 is 0 Å². The van der Waals surface area contributed by atoms with E-state index in [1.54, 1.807) is 12.3 Å². The lowest BCUT2D eigenvalue weighted by Gasteiger charge is -2.37. The number of nitrogens with zero attached hydrogens (tertiary/aromatic N) is 3. The quantitative estimate of drug-likeness (QED) is 0.249. The maximum atomic E-state index is 11.7. The van der Waals surface area contributed by atoms with Gasteiger partial charge in [-0.05, 0) is 37.1 Å². The number of aliphatic hydroxyl groups excluding tert-OH is 1. The minimum absolute atomic E-state index is 0.00686. The van der Waals surface area contributed by atoms with Crippen LogP contribution in [0.15, 0.2) is 23.3 Å². The predicted molar refractivity (Wildman–Crippen MR) is 110 cm³/mol. The number of imidazole rings is 1. The minimum atomic E-state index is -1.28. The van der Waals surface area contributed by atoms with Gasteiger partial charge in [0.05, 0.1) is 11.1 Å². The minimum Gasteiger partial charge on any atom is -0.477 e. The van der Waals surface area contributed by atoms with Gasteiger partial charge in [0.25, 0.3) is 0 Å². The van der Waals surface area contributed by atoms with Crippen molar-refractivity contribution >= 4 is 29.5 Å². The van der Waals surface area contributed by atoms with Crippen molar-refractivity contribution in [2.24, 2.45) is 34.0 Å². The number of aliphatic imine (C=N–C) groups is 1. The summed E-state index contributed by atoms with van der Waals surface area (Å²) in [5.41, 5.74) is 23.2. The molecule has 0 radical (unpaired) electrons. The summed E-state index contributed by atoms with van der Waals surface area (Å²) < 4.78 is 1.40. The Morgan fingerprint density at radius 2 is 2.00 bits per heavy atom. The second kappa shape index (κ2) is 7.16. The zero-order valence-electron chi connectivity index (χ0n) is 15.9. The summed E-state index contributed by atoms with van der Waals surface area (Å²) in [6.45, 7) is 0.410. The molecule has 162 valence electrons. The van der Waals surface area contributed by atoms with Gasteiger partial charge in [0, 0.05) is 12.1 Å². The average Bonchev–Trinajstić information content (AvgIpc) is 3.42. The van der Waals surface area contributed by atoms with Gasteiger partial charge in [0.1, 0.15) is 11.2 Å². The number of hydrogen-bond donors (Lipinski definition) is 8. The Kier molecular flexibility index (Phi) is 4.89. The van der Waals surface area contributed by atoms with E-state index in [0.29, 0.717) is 5.69 Å². The molecule has 3 heterocycles. The third kappa shape index (κ3) is 2.68. The first-order chi connectivity index (χ1) is 14.3. The van der Waals surface area contributed by atoms with Gasteiger partial charge < -0.3 is 43.4 Å². The third-order valence-corrected chi connectivity index (χ3v) is 6.82. The van der Waals surface area contributed by atoms with Crippen molar-refractivity contribution in [1.82, 2.24) is 19.9 Å². The van der Waals surface area contributed by atoms with Gasteiger partial charge in [0.2, 0.25) is 0 Å². The first-order valence-electron chi connectivity index (χ1n) is 9.36. The number of H-pyrrole nitrogens is 1. The molecule has 2 aromatic rings. The maximum Gasteiger partial charge on any atom is 0.352 e. The lowest BCUT2D eigenvalue weighted by molar-refractivity contribution is 0.0687. The number of aromatic amines is 1. The number of aromatic nitrogens is 3. The summed E-state index contributed by atoms with van der Waals surface area (Å²) in [7, 11) is 0. The van der Waals surface area contributed by atoms with Gasteiger partial charge in [-0.3, -0.25) is 4.57 Å². The summed E-state index contributed by atoms with van der Waals surface area (Å²) in [5, 5.41) is 22.8. The molecule has 0 unspecified atom stereocenters. The van der Waals surface area contributed by atoms with Crippen molar-refractivity contribution in [2.45, 2.75) is 23.1 Å². The van der Waals surface area contributed by atoms with Gasteiger partial charge in [-0.1, -0.05) is 0 Å². The average molecular weight is 438 g/mol. The molecule has 2 aliphatic rings. The van der Waals surface area contributed by atoms with Crippen LogP contribution in [0.3, 0.4) is 0 Å². The number of nitrogen functional groups attached to an aromatic ring is 1. The van der Waals surface area contributed by atoms with Crippen LogP contribution in [0, 0.1) is 11.8 Å². The highest BCUT2D eigenvalue weighted by Gasteiger charge is 2.66. The zero-order valence-corrected chi connectivity index (χ0v) is 16.6. The topological polar surface area (TPSA) is 220 Å². The summed E-state index contributed by atoms with van der Waals surface area (Å²) in [6.07, 6.45) is 0.278. The number of aromatic carboxylic acids is 1. The van der Waals surface area contributed by atoms with Crippen LogP contribution >= 0.6 is 11.6 Å². The Labute approximate surface area is 176 Å². The molecule has 0 saturated heterocycles. The van der Waals surface area contributed by atoms with Crippen LogP contribution in [0.4, 0.5) is 5.95 Å². The lowest BCUT2D eigenvalue weighted by atomic mass is 9.79. The molecule has 13 heteroatoms. The number of nitrogens with two attached hydrogens (primary N) is 4. The Hall–Kier alpha value is -2.80. The lowest BCUT2D eigenvalue weighted by Crippen LogP contribution is -2.60. The molecule has 0 bridgehead atoms. The number of guanidine groups is 1. The Bertz CT molecular complexity index is 1000. The van der Waals surface area contributed by atoms with Crippen molar-refractivity contribution in [3.05, 3.63) is 29.7 Å². The van der Waals surface area contributed by atoms with E-state index in [4.69, 9.17) is 34.5 Å². The number of carboxylic acids is 1. The molecule has 4 rings (SSSR count). The molecule has 12 nitrogen and oxygen atoms in total. The first-order valence-corrected chi connectivity index (χ1v) is 9.80. The Morgan fingerprint density at radius 1 is 1.30 bits per heavy atom. The van der Waals surface area contributed by atoms with E-state index in [1.807, 2.05) is 0 Å². The smallest absolute Gasteiger partial charge is 0.352 e. The van der Waals surface area contributed by atoms with Crippen molar-refractivity contribution in [1.29, 1.82) is 0 Å². The van der Waals surface area contributed by atoms with Gasteiger partial charge in [-0.15, -0.1) is 11.6 Å². The molecule has 1 spiro atoms. The molecule has 1 saturated carbocycles. The van der Waals surface area contributed by atoms with Crippen LogP contribution in [0.1, 0.15) is 22.1 Å². The van der Waals surface area contributed by atoms with E-state index in [0.717, 1.165) is 0 Å². The number of anilines is 1. The monoisotopic (exact) mass is 437 g/mol. The largest absolute Gasteiger partial charge is 0.477 e. The summed E-state index contributed by atoms with van der Waals surface area (Å²) >= 11 is 6.83. The molecule has 1 aliphatic heterocycles. The van der Waals surface area contributed by atoms with Crippen LogP contribution in [-0.2, 0) is 0 Å². The summed E-state index contributed by atoms with van der Waals surface area (Å²) in [4.78, 5) is 23.0. The van der Waals surface area contributed by atoms with Crippen LogP contribution in [0.25, 0.3) is 5.82 Å². The van der Waals surface area contributed by atoms with E-state index in [9.17, 15) is 15.0 Å². The van der Waals surface area contributed by atoms with Gasteiger partial charge in [0.15, 0.2) is 24.0 Å². The van der Waals surface area contributed by atoms with Gasteiger partial charge >= 0.3 is 5.97 Å². The van der Waals surface area contributed by atoms with E-state index in [1.165, 1.54) is 10.6 Å². The van der Waals surface area contributed by atoms with Crippen LogP contribution < -0.4 is 28.3 Å².